The Bertz CT molecular complexity index is 344. The third-order valence-electron chi connectivity index (χ3n) is 2.12. The first-order valence-corrected chi connectivity index (χ1v) is 4.77. The number of rotatable bonds is 1. The number of nitrogens with one attached hydrogen (secondary N) is 1. The van der Waals surface area contributed by atoms with Gasteiger partial charge in [-0.3, -0.25) is 4.79 Å². The van der Waals surface area contributed by atoms with Gasteiger partial charge in [0.25, 0.3) is 0 Å². The molecule has 0 bridgehead atoms. The Hall–Kier alpha value is -1.06. The van der Waals surface area contributed by atoms with Gasteiger partial charge in [-0.1, -0.05) is 23.7 Å². The van der Waals surface area contributed by atoms with Gasteiger partial charge in [-0.15, -0.1) is 0 Å². The van der Waals surface area contributed by atoms with Gasteiger partial charge in [0.05, 0.1) is 0 Å². The predicted molar refractivity (Wildman–Crippen MR) is 53.2 cm³/mol. The molecule has 1 atom stereocenters. The van der Waals surface area contributed by atoms with Gasteiger partial charge >= 0.3 is 0 Å². The third-order valence-corrected chi connectivity index (χ3v) is 2.36. The Labute approximate surface area is 87.0 Å². The van der Waals surface area contributed by atoms with Gasteiger partial charge < -0.3 is 10.1 Å². The lowest BCUT2D eigenvalue weighted by Gasteiger charge is -2.23. The van der Waals surface area contributed by atoms with Crippen molar-refractivity contribution in [2.45, 2.75) is 6.10 Å². The molecule has 1 N–H and O–H groups in total. The zero-order chi connectivity index (χ0) is 9.97. The normalized spacial score (nSPS) is 21.8. The zero-order valence-electron chi connectivity index (χ0n) is 7.50. The van der Waals surface area contributed by atoms with Gasteiger partial charge in [-0.25, -0.2) is 0 Å². The van der Waals surface area contributed by atoms with E-state index >= 15 is 0 Å². The standard InChI is InChI=1S/C10H10ClNO2/c11-8-3-1-2-7(4-8)9-5-12-10(13)6-14-9/h1-4,9H,5-6H2,(H,12,13)/t9-/m0/s1. The Morgan fingerprint density at radius 2 is 2.36 bits per heavy atom. The molecule has 1 aromatic rings. The lowest BCUT2D eigenvalue weighted by Crippen LogP contribution is -2.38. The van der Waals surface area contributed by atoms with E-state index in [4.69, 9.17) is 16.3 Å². The molecule has 1 aromatic carbocycles. The molecule has 1 aliphatic rings. The molecule has 0 saturated carbocycles. The molecule has 0 aromatic heterocycles. The molecular weight excluding hydrogens is 202 g/mol. The van der Waals surface area contributed by atoms with E-state index in [1.54, 1.807) is 0 Å². The molecule has 0 unspecified atom stereocenters. The fraction of sp³-hybridized carbons (Fsp3) is 0.300. The van der Waals surface area contributed by atoms with Crippen LogP contribution in [0.4, 0.5) is 0 Å². The zero-order valence-corrected chi connectivity index (χ0v) is 8.25. The molecule has 1 amide bonds. The Balaban J connectivity index is 2.12. The van der Waals surface area contributed by atoms with Gasteiger partial charge in [0.15, 0.2) is 0 Å². The van der Waals surface area contributed by atoms with E-state index < -0.39 is 0 Å². The first kappa shape index (κ1) is 9.49. The molecule has 74 valence electrons. The fourth-order valence-electron chi connectivity index (χ4n) is 1.41. The van der Waals surface area contributed by atoms with E-state index in [0.717, 1.165) is 5.56 Å². The molecule has 1 heterocycles. The molecule has 1 aliphatic heterocycles. The Morgan fingerprint density at radius 1 is 1.50 bits per heavy atom. The molecule has 1 saturated heterocycles. The minimum atomic E-state index is -0.0774. The molecular formula is C10H10ClNO2. The van der Waals surface area contributed by atoms with Crippen LogP contribution in [0.5, 0.6) is 0 Å². The van der Waals surface area contributed by atoms with Crippen LogP contribution in [-0.2, 0) is 9.53 Å². The second kappa shape index (κ2) is 3.98. The van der Waals surface area contributed by atoms with Crippen molar-refractivity contribution in [2.24, 2.45) is 0 Å². The van der Waals surface area contributed by atoms with Crippen LogP contribution in [0.15, 0.2) is 24.3 Å². The van der Waals surface area contributed by atoms with Crippen molar-refractivity contribution in [1.82, 2.24) is 5.32 Å². The van der Waals surface area contributed by atoms with Crippen molar-refractivity contribution in [1.29, 1.82) is 0 Å². The highest BCUT2D eigenvalue weighted by Gasteiger charge is 2.19. The number of benzene rings is 1. The Morgan fingerprint density at radius 3 is 3.00 bits per heavy atom. The average Bonchev–Trinajstić information content (AvgIpc) is 2.19. The number of ether oxygens (including phenoxy) is 1. The molecule has 0 spiro atoms. The highest BCUT2D eigenvalue weighted by Crippen LogP contribution is 2.21. The van der Waals surface area contributed by atoms with Crippen LogP contribution >= 0.6 is 11.6 Å². The minimum Gasteiger partial charge on any atom is -0.362 e. The first-order chi connectivity index (χ1) is 6.75. The Kier molecular flexibility index (Phi) is 2.70. The van der Waals surface area contributed by atoms with E-state index in [2.05, 4.69) is 5.32 Å². The quantitative estimate of drug-likeness (QED) is 0.765. The molecule has 3 nitrogen and oxygen atoms in total. The van der Waals surface area contributed by atoms with E-state index in [1.807, 2.05) is 24.3 Å². The summed E-state index contributed by atoms with van der Waals surface area (Å²) < 4.78 is 5.36. The maximum Gasteiger partial charge on any atom is 0.246 e. The highest BCUT2D eigenvalue weighted by molar-refractivity contribution is 6.30. The van der Waals surface area contributed by atoms with Crippen molar-refractivity contribution in [3.8, 4) is 0 Å². The molecule has 1 fully saturated rings. The monoisotopic (exact) mass is 211 g/mol. The summed E-state index contributed by atoms with van der Waals surface area (Å²) in [5.41, 5.74) is 0.998. The van der Waals surface area contributed by atoms with Crippen LogP contribution in [0, 0.1) is 0 Å². The number of hydrogen-bond acceptors (Lipinski definition) is 2. The molecule has 0 aliphatic carbocycles. The van der Waals surface area contributed by atoms with Crippen LogP contribution in [0.1, 0.15) is 11.7 Å². The van der Waals surface area contributed by atoms with Crippen LogP contribution in [0.2, 0.25) is 5.02 Å². The second-order valence-electron chi connectivity index (χ2n) is 3.16. The van der Waals surface area contributed by atoms with Crippen molar-refractivity contribution in [3.05, 3.63) is 34.9 Å². The molecule has 0 radical (unpaired) electrons. The summed E-state index contributed by atoms with van der Waals surface area (Å²) in [5, 5.41) is 3.43. The van der Waals surface area contributed by atoms with Crippen LogP contribution in [-0.4, -0.2) is 19.1 Å². The van der Waals surface area contributed by atoms with Gasteiger partial charge in [0, 0.05) is 11.6 Å². The second-order valence-corrected chi connectivity index (χ2v) is 3.60. The van der Waals surface area contributed by atoms with Crippen molar-refractivity contribution >= 4 is 17.5 Å². The molecule has 2 rings (SSSR count). The molecule has 4 heteroatoms. The number of hydrogen-bond donors (Lipinski definition) is 1. The van der Waals surface area contributed by atoms with Crippen molar-refractivity contribution in [3.63, 3.8) is 0 Å². The number of amides is 1. The van der Waals surface area contributed by atoms with Gasteiger partial charge in [-0.2, -0.15) is 0 Å². The molecule has 14 heavy (non-hydrogen) atoms. The van der Waals surface area contributed by atoms with E-state index in [0.29, 0.717) is 11.6 Å². The summed E-state index contributed by atoms with van der Waals surface area (Å²) in [7, 11) is 0. The average molecular weight is 212 g/mol. The van der Waals surface area contributed by atoms with Crippen LogP contribution in [0.25, 0.3) is 0 Å². The van der Waals surface area contributed by atoms with Gasteiger partial charge in [0.2, 0.25) is 5.91 Å². The fourth-order valence-corrected chi connectivity index (χ4v) is 1.61. The number of halogens is 1. The third kappa shape index (κ3) is 2.05. The summed E-state index contributed by atoms with van der Waals surface area (Å²) in [6.45, 7) is 0.635. The number of carbonyl (C=O) groups excluding carboxylic acids is 1. The predicted octanol–water partition coefficient (Wildman–Crippen LogP) is 1.53. The number of morpholine rings is 1. The maximum absolute atomic E-state index is 10.8. The van der Waals surface area contributed by atoms with Crippen LogP contribution < -0.4 is 5.32 Å². The highest BCUT2D eigenvalue weighted by atomic mass is 35.5. The maximum atomic E-state index is 10.8. The van der Waals surface area contributed by atoms with E-state index in [1.165, 1.54) is 0 Å². The SMILES string of the molecule is O=C1CO[C@H](c2cccc(Cl)c2)CN1. The minimum absolute atomic E-state index is 0.0664. The van der Waals surface area contributed by atoms with Crippen molar-refractivity contribution in [2.75, 3.05) is 13.2 Å². The number of carbonyl (C=O) groups is 1. The summed E-state index contributed by atoms with van der Waals surface area (Å²) in [6, 6.07) is 7.47. The first-order valence-electron chi connectivity index (χ1n) is 4.39. The van der Waals surface area contributed by atoms with E-state index in [-0.39, 0.29) is 18.6 Å². The summed E-state index contributed by atoms with van der Waals surface area (Å²) in [4.78, 5) is 10.8. The summed E-state index contributed by atoms with van der Waals surface area (Å²) in [5.74, 6) is -0.0664. The smallest absolute Gasteiger partial charge is 0.246 e. The summed E-state index contributed by atoms with van der Waals surface area (Å²) in [6.07, 6.45) is -0.0774. The van der Waals surface area contributed by atoms with Crippen molar-refractivity contribution < 1.29 is 9.53 Å². The van der Waals surface area contributed by atoms with Gasteiger partial charge in [-0.05, 0) is 17.7 Å². The van der Waals surface area contributed by atoms with Gasteiger partial charge in [0.1, 0.15) is 12.7 Å². The lowest BCUT2D eigenvalue weighted by atomic mass is 10.1. The topological polar surface area (TPSA) is 38.3 Å². The van der Waals surface area contributed by atoms with Crippen LogP contribution in [0.3, 0.4) is 0 Å². The summed E-state index contributed by atoms with van der Waals surface area (Å²) >= 11 is 5.85. The lowest BCUT2D eigenvalue weighted by molar-refractivity contribution is -0.133. The van der Waals surface area contributed by atoms with E-state index in [9.17, 15) is 4.79 Å². The largest absolute Gasteiger partial charge is 0.362 e.